The highest BCUT2D eigenvalue weighted by Crippen LogP contribution is 2.25. The van der Waals surface area contributed by atoms with Gasteiger partial charge in [-0.1, -0.05) is 31.2 Å². The topological polar surface area (TPSA) is 46.6 Å². The molecule has 0 heterocycles. The molecule has 0 atom stereocenters. The van der Waals surface area contributed by atoms with Crippen LogP contribution in [0.15, 0.2) is 48.5 Å². The van der Waals surface area contributed by atoms with Gasteiger partial charge in [0, 0.05) is 12.1 Å². The van der Waals surface area contributed by atoms with Crippen molar-refractivity contribution >= 4 is 17.6 Å². The van der Waals surface area contributed by atoms with Crippen LogP contribution in [0.3, 0.4) is 0 Å². The Kier molecular flexibility index (Phi) is 5.46. The highest BCUT2D eigenvalue weighted by molar-refractivity contribution is 6.06. The summed E-state index contributed by atoms with van der Waals surface area (Å²) in [7, 11) is 1.19. The lowest BCUT2D eigenvalue weighted by Crippen LogP contribution is -2.32. The summed E-state index contributed by atoms with van der Waals surface area (Å²) >= 11 is 0. The summed E-state index contributed by atoms with van der Waals surface area (Å²) in [5.41, 5.74) is 0.347. The molecule has 2 aromatic rings. The Balaban J connectivity index is 2.46. The van der Waals surface area contributed by atoms with Crippen LogP contribution in [0.4, 0.5) is 10.1 Å². The molecule has 0 saturated heterocycles. The maximum Gasteiger partial charge on any atom is 0.340 e. The smallest absolute Gasteiger partial charge is 0.340 e. The molecule has 0 spiro atoms. The van der Waals surface area contributed by atoms with Crippen LogP contribution in [0.1, 0.15) is 34.1 Å². The first-order valence-corrected chi connectivity index (χ1v) is 7.33. The van der Waals surface area contributed by atoms with E-state index in [-0.39, 0.29) is 17.2 Å². The molecule has 0 fully saturated rings. The fourth-order valence-electron chi connectivity index (χ4n) is 2.29. The number of carbonyl (C=O) groups excluding carboxylic acids is 2. The van der Waals surface area contributed by atoms with Gasteiger partial charge in [-0.3, -0.25) is 4.79 Å². The molecule has 0 aliphatic carbocycles. The molecule has 0 aromatic heterocycles. The first-order chi connectivity index (χ1) is 11.1. The lowest BCUT2D eigenvalue weighted by Gasteiger charge is -2.23. The number of hydrogen-bond acceptors (Lipinski definition) is 3. The molecule has 0 unspecified atom stereocenters. The van der Waals surface area contributed by atoms with E-state index < -0.39 is 11.8 Å². The molecule has 0 N–H and O–H groups in total. The van der Waals surface area contributed by atoms with Gasteiger partial charge in [0.2, 0.25) is 0 Å². The second kappa shape index (κ2) is 7.54. The first-order valence-electron chi connectivity index (χ1n) is 7.33. The van der Waals surface area contributed by atoms with Crippen LogP contribution in [0.25, 0.3) is 0 Å². The van der Waals surface area contributed by atoms with Crippen molar-refractivity contribution in [3.05, 3.63) is 65.5 Å². The van der Waals surface area contributed by atoms with Gasteiger partial charge < -0.3 is 9.64 Å². The zero-order valence-electron chi connectivity index (χ0n) is 13.1. The fraction of sp³-hybridized carbons (Fsp3) is 0.222. The largest absolute Gasteiger partial charge is 0.465 e. The predicted octanol–water partition coefficient (Wildman–Crippen LogP) is 3.67. The number of benzene rings is 2. The van der Waals surface area contributed by atoms with Crippen LogP contribution < -0.4 is 4.90 Å². The van der Waals surface area contributed by atoms with E-state index in [0.29, 0.717) is 18.5 Å². The quantitative estimate of drug-likeness (QED) is 0.791. The number of amides is 1. The minimum absolute atomic E-state index is 0.0728. The van der Waals surface area contributed by atoms with Crippen molar-refractivity contribution in [2.45, 2.75) is 13.3 Å². The lowest BCUT2D eigenvalue weighted by molar-refractivity contribution is 0.0595. The number of rotatable bonds is 5. The third-order valence-electron chi connectivity index (χ3n) is 3.39. The van der Waals surface area contributed by atoms with Crippen LogP contribution in [0.2, 0.25) is 0 Å². The molecular formula is C18H18FNO3. The van der Waals surface area contributed by atoms with Crippen molar-refractivity contribution in [3.63, 3.8) is 0 Å². The van der Waals surface area contributed by atoms with E-state index in [9.17, 15) is 14.0 Å². The van der Waals surface area contributed by atoms with Gasteiger partial charge in [-0.15, -0.1) is 0 Å². The Morgan fingerprint density at radius 1 is 1.09 bits per heavy atom. The third-order valence-corrected chi connectivity index (χ3v) is 3.39. The Morgan fingerprint density at radius 2 is 1.78 bits per heavy atom. The number of methoxy groups -OCH3 is 1. The van der Waals surface area contributed by atoms with Crippen LogP contribution in [0, 0.1) is 5.82 Å². The van der Waals surface area contributed by atoms with Gasteiger partial charge in [-0.05, 0) is 30.7 Å². The van der Waals surface area contributed by atoms with Crippen molar-refractivity contribution in [2.24, 2.45) is 0 Å². The molecule has 4 nitrogen and oxygen atoms in total. The Morgan fingerprint density at radius 3 is 2.39 bits per heavy atom. The van der Waals surface area contributed by atoms with E-state index in [1.54, 1.807) is 30.3 Å². The highest BCUT2D eigenvalue weighted by atomic mass is 19.1. The molecule has 120 valence electrons. The summed E-state index contributed by atoms with van der Waals surface area (Å²) in [5.74, 6) is -1.83. The molecule has 0 aliphatic rings. The average Bonchev–Trinajstić information content (AvgIpc) is 2.60. The molecule has 0 aliphatic heterocycles. The summed E-state index contributed by atoms with van der Waals surface area (Å²) in [5, 5.41) is 0. The number of ether oxygens (including phenoxy) is 1. The van der Waals surface area contributed by atoms with Gasteiger partial charge in [0.25, 0.3) is 5.91 Å². The monoisotopic (exact) mass is 315 g/mol. The minimum Gasteiger partial charge on any atom is -0.465 e. The van der Waals surface area contributed by atoms with Gasteiger partial charge in [-0.25, -0.2) is 9.18 Å². The van der Waals surface area contributed by atoms with E-state index in [1.807, 2.05) is 6.92 Å². The van der Waals surface area contributed by atoms with E-state index in [2.05, 4.69) is 4.74 Å². The molecule has 1 amide bonds. The van der Waals surface area contributed by atoms with E-state index >= 15 is 0 Å². The van der Waals surface area contributed by atoms with Gasteiger partial charge in [0.1, 0.15) is 0 Å². The Hall–Kier alpha value is -2.69. The number of nitrogens with zero attached hydrogens (tertiary/aromatic N) is 1. The molecule has 2 aromatic carbocycles. The van der Waals surface area contributed by atoms with Crippen LogP contribution >= 0.6 is 0 Å². The summed E-state index contributed by atoms with van der Waals surface area (Å²) in [4.78, 5) is 25.7. The fourth-order valence-corrected chi connectivity index (χ4v) is 2.29. The number of hydrogen-bond donors (Lipinski definition) is 0. The molecule has 23 heavy (non-hydrogen) atoms. The molecule has 0 bridgehead atoms. The van der Waals surface area contributed by atoms with Crippen LogP contribution in [-0.4, -0.2) is 25.5 Å². The third kappa shape index (κ3) is 3.56. The summed E-state index contributed by atoms with van der Waals surface area (Å²) < 4.78 is 19.2. The molecular weight excluding hydrogens is 297 g/mol. The molecule has 0 radical (unpaired) electrons. The maximum absolute atomic E-state index is 14.7. The number of esters is 1. The predicted molar refractivity (Wildman–Crippen MR) is 86.1 cm³/mol. The zero-order chi connectivity index (χ0) is 16.8. The van der Waals surface area contributed by atoms with E-state index in [0.717, 1.165) is 0 Å². The molecule has 5 heteroatoms. The minimum atomic E-state index is -0.770. The van der Waals surface area contributed by atoms with Crippen molar-refractivity contribution in [1.29, 1.82) is 0 Å². The normalized spacial score (nSPS) is 10.2. The SMILES string of the molecule is CCCN(C(=O)c1ccccc1)c1cccc(C(=O)OC)c1F. The molecule has 0 saturated carbocycles. The van der Waals surface area contributed by atoms with Crippen molar-refractivity contribution in [1.82, 2.24) is 0 Å². The van der Waals surface area contributed by atoms with Gasteiger partial charge in [0.05, 0.1) is 18.4 Å². The van der Waals surface area contributed by atoms with Crippen LogP contribution in [0.5, 0.6) is 0 Å². The number of anilines is 1. The lowest BCUT2D eigenvalue weighted by atomic mass is 10.1. The van der Waals surface area contributed by atoms with E-state index in [4.69, 9.17) is 0 Å². The van der Waals surface area contributed by atoms with Gasteiger partial charge in [-0.2, -0.15) is 0 Å². The standard InChI is InChI=1S/C18H18FNO3/c1-3-12-20(17(21)13-8-5-4-6-9-13)15-11-7-10-14(16(15)19)18(22)23-2/h4-11H,3,12H2,1-2H3. The van der Waals surface area contributed by atoms with Crippen LogP contribution in [-0.2, 0) is 4.74 Å². The second-order valence-corrected chi connectivity index (χ2v) is 4.95. The first kappa shape index (κ1) is 16.7. The second-order valence-electron chi connectivity index (χ2n) is 4.95. The molecule has 2 rings (SSSR count). The number of halogens is 1. The highest BCUT2D eigenvalue weighted by Gasteiger charge is 2.23. The Labute approximate surface area is 134 Å². The van der Waals surface area contributed by atoms with Crippen molar-refractivity contribution < 1.29 is 18.7 Å². The zero-order valence-corrected chi connectivity index (χ0v) is 13.1. The summed E-state index contributed by atoms with van der Waals surface area (Å²) in [6.45, 7) is 2.24. The maximum atomic E-state index is 14.7. The summed E-state index contributed by atoms with van der Waals surface area (Å²) in [6, 6.07) is 13.0. The number of carbonyl (C=O) groups is 2. The average molecular weight is 315 g/mol. The Bertz CT molecular complexity index is 701. The van der Waals surface area contributed by atoms with E-state index in [1.165, 1.54) is 30.2 Å². The van der Waals surface area contributed by atoms with Gasteiger partial charge >= 0.3 is 5.97 Å². The van der Waals surface area contributed by atoms with Gasteiger partial charge in [0.15, 0.2) is 5.82 Å². The van der Waals surface area contributed by atoms with Crippen molar-refractivity contribution in [3.8, 4) is 0 Å². The summed E-state index contributed by atoms with van der Waals surface area (Å²) in [6.07, 6.45) is 0.653. The van der Waals surface area contributed by atoms with Crippen molar-refractivity contribution in [2.75, 3.05) is 18.6 Å².